The molecule has 0 bridgehead atoms. The summed E-state index contributed by atoms with van der Waals surface area (Å²) in [5, 5.41) is 2.68. The standard InChI is InChI=1S/C22H16F4N4O5S/c1-36(32,33)34-11-15-10-20(28-12-27-15)35-16-3-5-19-13(8-16)6-7-30(19)21(31)29-18-9-14(22(24,25)26)2-4-17(18)23/h2-10,12H,11H2,1H3,(H,29,31). The van der Waals surface area contributed by atoms with Crippen LogP contribution in [0.1, 0.15) is 11.3 Å². The molecule has 2 aromatic heterocycles. The Hall–Kier alpha value is -4.04. The Morgan fingerprint density at radius 2 is 1.86 bits per heavy atom. The first kappa shape index (κ1) is 25.1. The lowest BCUT2D eigenvalue weighted by molar-refractivity contribution is -0.137. The van der Waals surface area contributed by atoms with Gasteiger partial charge in [0.15, 0.2) is 0 Å². The van der Waals surface area contributed by atoms with E-state index < -0.39 is 39.4 Å². The van der Waals surface area contributed by atoms with Crippen LogP contribution in [0.4, 0.5) is 28.0 Å². The molecule has 0 unspecified atom stereocenters. The lowest BCUT2D eigenvalue weighted by Crippen LogP contribution is -2.19. The Morgan fingerprint density at radius 3 is 2.58 bits per heavy atom. The van der Waals surface area contributed by atoms with E-state index in [-0.39, 0.29) is 18.2 Å². The van der Waals surface area contributed by atoms with Crippen LogP contribution in [0.2, 0.25) is 0 Å². The molecule has 0 saturated heterocycles. The average molecular weight is 524 g/mol. The first-order valence-corrected chi connectivity index (χ1v) is 11.8. The second kappa shape index (κ2) is 9.54. The van der Waals surface area contributed by atoms with Crippen LogP contribution in [0.15, 0.2) is 61.1 Å². The van der Waals surface area contributed by atoms with Crippen molar-refractivity contribution in [3.8, 4) is 11.6 Å². The Kier molecular flexibility index (Phi) is 6.65. The number of carbonyl (C=O) groups is 1. The number of fused-ring (bicyclic) bond motifs is 1. The number of halogens is 4. The summed E-state index contributed by atoms with van der Waals surface area (Å²) < 4.78 is 86.5. The van der Waals surface area contributed by atoms with Gasteiger partial charge in [0.2, 0.25) is 5.88 Å². The zero-order valence-electron chi connectivity index (χ0n) is 18.3. The van der Waals surface area contributed by atoms with Gasteiger partial charge in [-0.15, -0.1) is 0 Å². The molecule has 2 heterocycles. The summed E-state index contributed by atoms with van der Waals surface area (Å²) in [4.78, 5) is 20.5. The molecular formula is C22H16F4N4O5S. The monoisotopic (exact) mass is 524 g/mol. The number of anilines is 1. The maximum atomic E-state index is 14.0. The second-order valence-electron chi connectivity index (χ2n) is 7.44. The minimum atomic E-state index is -4.70. The maximum Gasteiger partial charge on any atom is 0.416 e. The minimum Gasteiger partial charge on any atom is -0.439 e. The van der Waals surface area contributed by atoms with Crippen LogP contribution in [-0.2, 0) is 27.1 Å². The van der Waals surface area contributed by atoms with Gasteiger partial charge < -0.3 is 10.1 Å². The van der Waals surface area contributed by atoms with Gasteiger partial charge in [0, 0.05) is 17.6 Å². The van der Waals surface area contributed by atoms with E-state index in [1.165, 1.54) is 30.7 Å². The predicted octanol–water partition coefficient (Wildman–Crippen LogP) is 4.94. The number of benzene rings is 2. The van der Waals surface area contributed by atoms with Crippen molar-refractivity contribution in [2.75, 3.05) is 11.6 Å². The summed E-state index contributed by atoms with van der Waals surface area (Å²) in [5.74, 6) is -0.596. The van der Waals surface area contributed by atoms with Crippen LogP contribution >= 0.6 is 0 Å². The Balaban J connectivity index is 1.52. The number of carbonyl (C=O) groups excluding carboxylic acids is 1. The first-order chi connectivity index (χ1) is 16.9. The highest BCUT2D eigenvalue weighted by atomic mass is 32.2. The zero-order valence-corrected chi connectivity index (χ0v) is 19.1. The number of nitrogens with zero attached hydrogens (tertiary/aromatic N) is 3. The molecule has 14 heteroatoms. The number of nitrogens with one attached hydrogen (secondary N) is 1. The van der Waals surface area contributed by atoms with Crippen LogP contribution < -0.4 is 10.1 Å². The summed E-state index contributed by atoms with van der Waals surface area (Å²) in [6, 6.07) is 8.38. The van der Waals surface area contributed by atoms with E-state index in [0.29, 0.717) is 34.9 Å². The molecule has 0 radical (unpaired) electrons. The van der Waals surface area contributed by atoms with Gasteiger partial charge in [-0.25, -0.2) is 19.2 Å². The fraction of sp³-hybridized carbons (Fsp3) is 0.136. The lowest BCUT2D eigenvalue weighted by Gasteiger charge is -2.12. The summed E-state index contributed by atoms with van der Waals surface area (Å²) in [6.07, 6.45) is -1.26. The largest absolute Gasteiger partial charge is 0.439 e. The van der Waals surface area contributed by atoms with E-state index >= 15 is 0 Å². The van der Waals surface area contributed by atoms with Crippen LogP contribution in [0.5, 0.6) is 11.6 Å². The highest BCUT2D eigenvalue weighted by Crippen LogP contribution is 2.32. The highest BCUT2D eigenvalue weighted by molar-refractivity contribution is 7.85. The number of rotatable bonds is 6. The molecule has 0 aliphatic rings. The third kappa shape index (κ3) is 5.95. The molecule has 36 heavy (non-hydrogen) atoms. The molecule has 2 aromatic carbocycles. The Morgan fingerprint density at radius 1 is 1.08 bits per heavy atom. The summed E-state index contributed by atoms with van der Waals surface area (Å²) in [5.41, 5.74) is -1.08. The lowest BCUT2D eigenvalue weighted by atomic mass is 10.2. The van der Waals surface area contributed by atoms with Gasteiger partial charge in [-0.3, -0.25) is 8.75 Å². The van der Waals surface area contributed by atoms with Gasteiger partial charge in [-0.2, -0.15) is 21.6 Å². The third-order valence-electron chi connectivity index (χ3n) is 4.76. The smallest absolute Gasteiger partial charge is 0.416 e. The van der Waals surface area contributed by atoms with Gasteiger partial charge in [0.1, 0.15) is 24.5 Å². The van der Waals surface area contributed by atoms with Crippen LogP contribution in [0, 0.1) is 5.82 Å². The van der Waals surface area contributed by atoms with Crippen molar-refractivity contribution in [1.29, 1.82) is 0 Å². The molecule has 4 aromatic rings. The summed E-state index contributed by atoms with van der Waals surface area (Å²) >= 11 is 0. The van der Waals surface area contributed by atoms with Gasteiger partial charge in [-0.05, 0) is 42.5 Å². The molecule has 9 nitrogen and oxygen atoms in total. The van der Waals surface area contributed by atoms with Crippen LogP contribution in [0.3, 0.4) is 0 Å². The number of ether oxygens (including phenoxy) is 1. The minimum absolute atomic E-state index is 0.105. The molecule has 0 fully saturated rings. The predicted molar refractivity (Wildman–Crippen MR) is 119 cm³/mol. The number of amides is 1. The molecule has 1 N–H and O–H groups in total. The van der Waals surface area contributed by atoms with Crippen molar-refractivity contribution in [2.24, 2.45) is 0 Å². The van der Waals surface area contributed by atoms with E-state index in [1.807, 2.05) is 0 Å². The third-order valence-corrected chi connectivity index (χ3v) is 5.30. The Bertz CT molecular complexity index is 1550. The molecule has 188 valence electrons. The summed E-state index contributed by atoms with van der Waals surface area (Å²) in [6.45, 7) is -0.304. The number of hydrogen-bond donors (Lipinski definition) is 1. The SMILES string of the molecule is CS(=O)(=O)OCc1cc(Oc2ccc3c(ccn3C(=O)Nc3cc(C(F)(F)F)ccc3F)c2)ncn1. The number of hydrogen-bond acceptors (Lipinski definition) is 7. The number of alkyl halides is 3. The quantitative estimate of drug-likeness (QED) is 0.281. The van der Waals surface area contributed by atoms with Crippen molar-refractivity contribution in [3.63, 3.8) is 0 Å². The van der Waals surface area contributed by atoms with E-state index in [4.69, 9.17) is 4.74 Å². The van der Waals surface area contributed by atoms with Gasteiger partial charge in [-0.1, -0.05) is 0 Å². The van der Waals surface area contributed by atoms with Crippen molar-refractivity contribution < 1.29 is 39.7 Å². The number of aromatic nitrogens is 3. The van der Waals surface area contributed by atoms with Gasteiger partial charge in [0.25, 0.3) is 10.1 Å². The fourth-order valence-electron chi connectivity index (χ4n) is 3.13. The van der Waals surface area contributed by atoms with Gasteiger partial charge in [0.05, 0.1) is 28.7 Å². The molecule has 0 aliphatic carbocycles. The van der Waals surface area contributed by atoms with Crippen molar-refractivity contribution in [1.82, 2.24) is 14.5 Å². The van der Waals surface area contributed by atoms with E-state index in [9.17, 15) is 30.8 Å². The molecule has 0 saturated carbocycles. The van der Waals surface area contributed by atoms with Crippen molar-refractivity contribution >= 4 is 32.7 Å². The Labute approximate surface area is 201 Å². The molecule has 0 spiro atoms. The molecule has 0 aliphatic heterocycles. The zero-order chi connectivity index (χ0) is 26.1. The normalized spacial score (nSPS) is 12.0. The highest BCUT2D eigenvalue weighted by Gasteiger charge is 2.31. The fourth-order valence-corrected chi connectivity index (χ4v) is 3.47. The van der Waals surface area contributed by atoms with Crippen LogP contribution in [-0.4, -0.2) is 35.2 Å². The summed E-state index contributed by atoms with van der Waals surface area (Å²) in [7, 11) is -3.66. The van der Waals surface area contributed by atoms with Crippen molar-refractivity contribution in [2.45, 2.75) is 12.8 Å². The maximum absolute atomic E-state index is 14.0. The molecule has 4 rings (SSSR count). The second-order valence-corrected chi connectivity index (χ2v) is 9.09. The van der Waals surface area contributed by atoms with E-state index in [2.05, 4.69) is 19.5 Å². The molecule has 0 atom stereocenters. The topological polar surface area (TPSA) is 112 Å². The first-order valence-electron chi connectivity index (χ1n) is 10.0. The molecule has 1 amide bonds. The van der Waals surface area contributed by atoms with E-state index in [1.54, 1.807) is 12.1 Å². The van der Waals surface area contributed by atoms with Gasteiger partial charge >= 0.3 is 12.2 Å². The van der Waals surface area contributed by atoms with Crippen molar-refractivity contribution in [3.05, 3.63) is 78.1 Å². The average Bonchev–Trinajstić information content (AvgIpc) is 3.21. The van der Waals surface area contributed by atoms with Crippen LogP contribution in [0.25, 0.3) is 10.9 Å². The molecular weight excluding hydrogens is 508 g/mol. The van der Waals surface area contributed by atoms with E-state index in [0.717, 1.165) is 10.8 Å².